The van der Waals surface area contributed by atoms with Crippen LogP contribution in [0.4, 0.5) is 0 Å². The minimum atomic E-state index is 0.733. The van der Waals surface area contributed by atoms with Crippen LogP contribution >= 0.6 is 11.3 Å². The Kier molecular flexibility index (Phi) is 3.76. The maximum atomic E-state index is 4.53. The highest BCUT2D eigenvalue weighted by Gasteiger charge is 2.14. The normalized spacial score (nSPS) is 11.1. The summed E-state index contributed by atoms with van der Waals surface area (Å²) in [5.41, 5.74) is 3.01. The number of pyridine rings is 1. The number of aryl methyl sites for hydroxylation is 1. The second-order valence-electron chi connectivity index (χ2n) is 6.25. The zero-order valence-electron chi connectivity index (χ0n) is 14.6. The Labute approximate surface area is 160 Å². The summed E-state index contributed by atoms with van der Waals surface area (Å²) in [6, 6.07) is 18.4. The molecule has 0 spiro atoms. The van der Waals surface area contributed by atoms with Gasteiger partial charge in [-0.15, -0.1) is 21.5 Å². The van der Waals surface area contributed by atoms with Crippen molar-refractivity contribution in [1.82, 2.24) is 25.0 Å². The monoisotopic (exact) mass is 369 g/mol. The van der Waals surface area contributed by atoms with Gasteiger partial charge in [-0.05, 0) is 36.8 Å². The third-order valence-corrected chi connectivity index (χ3v) is 5.51. The average Bonchev–Trinajstić information content (AvgIpc) is 3.40. The molecular formula is C21H15N5S. The van der Waals surface area contributed by atoms with Crippen molar-refractivity contribution in [2.24, 2.45) is 0 Å². The quantitative estimate of drug-likeness (QED) is 0.453. The molecule has 1 aromatic carbocycles. The van der Waals surface area contributed by atoms with Gasteiger partial charge in [-0.3, -0.25) is 4.98 Å². The minimum Gasteiger partial charge on any atom is -0.255 e. The fourth-order valence-corrected chi connectivity index (χ4v) is 4.03. The van der Waals surface area contributed by atoms with Gasteiger partial charge in [0, 0.05) is 29.4 Å². The molecule has 4 heterocycles. The van der Waals surface area contributed by atoms with Gasteiger partial charge in [0.05, 0.1) is 15.4 Å². The number of aromatic nitrogens is 5. The SMILES string of the molecule is Cc1ccc(-c2ccc(-c3nnc(-n4cccn4)c4ccccc34)s2)nc1. The number of nitrogens with zero attached hydrogens (tertiary/aromatic N) is 5. The van der Waals surface area contributed by atoms with Crippen molar-refractivity contribution in [3.8, 4) is 27.0 Å². The first-order valence-corrected chi connectivity index (χ1v) is 9.40. The first-order chi connectivity index (χ1) is 13.3. The van der Waals surface area contributed by atoms with E-state index in [0.717, 1.165) is 43.3 Å². The van der Waals surface area contributed by atoms with Crippen molar-refractivity contribution in [3.63, 3.8) is 0 Å². The number of thiophene rings is 1. The summed E-state index contributed by atoms with van der Waals surface area (Å²) in [5, 5.41) is 15.4. The first kappa shape index (κ1) is 15.8. The summed E-state index contributed by atoms with van der Waals surface area (Å²) in [4.78, 5) is 6.72. The van der Waals surface area contributed by atoms with E-state index in [1.165, 1.54) is 0 Å². The highest BCUT2D eigenvalue weighted by Crippen LogP contribution is 2.36. The molecule has 0 fully saturated rings. The van der Waals surface area contributed by atoms with Crippen LogP contribution < -0.4 is 0 Å². The van der Waals surface area contributed by atoms with Crippen LogP contribution in [0.25, 0.3) is 37.7 Å². The molecule has 0 saturated carbocycles. The van der Waals surface area contributed by atoms with Crippen molar-refractivity contribution in [2.75, 3.05) is 0 Å². The Morgan fingerprint density at radius 3 is 2.48 bits per heavy atom. The molecule has 0 bridgehead atoms. The molecule has 0 N–H and O–H groups in total. The van der Waals surface area contributed by atoms with Crippen LogP contribution in [-0.2, 0) is 0 Å². The fraction of sp³-hybridized carbons (Fsp3) is 0.0476. The van der Waals surface area contributed by atoms with Crippen molar-refractivity contribution in [2.45, 2.75) is 6.92 Å². The summed E-state index contributed by atoms with van der Waals surface area (Å²) in [7, 11) is 0. The van der Waals surface area contributed by atoms with Crippen LogP contribution in [0.3, 0.4) is 0 Å². The number of hydrogen-bond acceptors (Lipinski definition) is 5. The van der Waals surface area contributed by atoms with E-state index in [1.54, 1.807) is 22.2 Å². The molecule has 0 radical (unpaired) electrons. The summed E-state index contributed by atoms with van der Waals surface area (Å²) >= 11 is 1.68. The maximum absolute atomic E-state index is 4.53. The van der Waals surface area contributed by atoms with E-state index in [2.05, 4.69) is 56.7 Å². The lowest BCUT2D eigenvalue weighted by Gasteiger charge is -2.08. The van der Waals surface area contributed by atoms with Gasteiger partial charge < -0.3 is 0 Å². The number of hydrogen-bond donors (Lipinski definition) is 0. The van der Waals surface area contributed by atoms with Crippen LogP contribution in [0.2, 0.25) is 0 Å². The molecule has 27 heavy (non-hydrogen) atoms. The van der Waals surface area contributed by atoms with Gasteiger partial charge in [0.1, 0.15) is 5.69 Å². The molecule has 0 unspecified atom stereocenters. The van der Waals surface area contributed by atoms with Gasteiger partial charge >= 0.3 is 0 Å². The summed E-state index contributed by atoms with van der Waals surface area (Å²) in [6.45, 7) is 2.04. The van der Waals surface area contributed by atoms with E-state index in [0.29, 0.717) is 0 Å². The molecule has 0 amide bonds. The Bertz CT molecular complexity index is 1220. The van der Waals surface area contributed by atoms with Crippen molar-refractivity contribution >= 4 is 22.1 Å². The second-order valence-corrected chi connectivity index (χ2v) is 7.34. The molecule has 5 rings (SSSR count). The third kappa shape index (κ3) is 2.80. The fourth-order valence-electron chi connectivity index (χ4n) is 3.05. The van der Waals surface area contributed by atoms with E-state index >= 15 is 0 Å². The summed E-state index contributed by atoms with van der Waals surface area (Å²) in [6.07, 6.45) is 5.51. The van der Waals surface area contributed by atoms with Crippen LogP contribution in [-0.4, -0.2) is 25.0 Å². The smallest absolute Gasteiger partial charge is 0.183 e. The second kappa shape index (κ2) is 6.41. The van der Waals surface area contributed by atoms with Crippen molar-refractivity contribution < 1.29 is 0 Å². The van der Waals surface area contributed by atoms with Gasteiger partial charge in [0.2, 0.25) is 0 Å². The zero-order valence-corrected chi connectivity index (χ0v) is 15.4. The number of benzene rings is 1. The minimum absolute atomic E-state index is 0.733. The first-order valence-electron chi connectivity index (χ1n) is 8.58. The predicted octanol–water partition coefficient (Wildman–Crippen LogP) is 4.91. The molecular weight excluding hydrogens is 354 g/mol. The Balaban J connectivity index is 1.64. The van der Waals surface area contributed by atoms with E-state index in [4.69, 9.17) is 0 Å². The van der Waals surface area contributed by atoms with Crippen LogP contribution in [0.1, 0.15) is 5.56 Å². The molecule has 4 aromatic heterocycles. The lowest BCUT2D eigenvalue weighted by molar-refractivity contribution is 0.827. The van der Waals surface area contributed by atoms with E-state index in [-0.39, 0.29) is 0 Å². The standard InChI is InChI=1S/C21H15N5S/c1-14-7-8-17(22-13-14)18-9-10-19(27-18)20-15-5-2-3-6-16(15)21(25-24-20)26-12-4-11-23-26/h2-13H,1H3. The highest BCUT2D eigenvalue weighted by atomic mass is 32.1. The largest absolute Gasteiger partial charge is 0.255 e. The Morgan fingerprint density at radius 2 is 1.70 bits per heavy atom. The molecule has 0 atom stereocenters. The average molecular weight is 369 g/mol. The van der Waals surface area contributed by atoms with E-state index in [1.807, 2.05) is 37.5 Å². The lowest BCUT2D eigenvalue weighted by atomic mass is 10.1. The van der Waals surface area contributed by atoms with Crippen molar-refractivity contribution in [3.05, 3.63) is 78.8 Å². The maximum Gasteiger partial charge on any atom is 0.183 e. The number of fused-ring (bicyclic) bond motifs is 1. The van der Waals surface area contributed by atoms with Gasteiger partial charge in [-0.2, -0.15) is 5.10 Å². The summed E-state index contributed by atoms with van der Waals surface area (Å²) < 4.78 is 1.75. The molecule has 0 saturated heterocycles. The van der Waals surface area contributed by atoms with Gasteiger partial charge in [-0.1, -0.05) is 30.3 Å². The molecule has 5 aromatic rings. The van der Waals surface area contributed by atoms with Gasteiger partial charge in [0.15, 0.2) is 5.82 Å². The topological polar surface area (TPSA) is 56.5 Å². The summed E-state index contributed by atoms with van der Waals surface area (Å²) in [5.74, 6) is 0.733. The molecule has 0 aliphatic rings. The Hall–Kier alpha value is -3.38. The predicted molar refractivity (Wildman–Crippen MR) is 108 cm³/mol. The molecule has 0 aliphatic heterocycles. The van der Waals surface area contributed by atoms with Gasteiger partial charge in [-0.25, -0.2) is 4.68 Å². The lowest BCUT2D eigenvalue weighted by Crippen LogP contribution is -2.02. The van der Waals surface area contributed by atoms with Crippen molar-refractivity contribution in [1.29, 1.82) is 0 Å². The zero-order chi connectivity index (χ0) is 18.2. The van der Waals surface area contributed by atoms with E-state index < -0.39 is 0 Å². The highest BCUT2D eigenvalue weighted by molar-refractivity contribution is 7.18. The van der Waals surface area contributed by atoms with E-state index in [9.17, 15) is 0 Å². The van der Waals surface area contributed by atoms with Crippen LogP contribution in [0.15, 0.2) is 73.2 Å². The van der Waals surface area contributed by atoms with Gasteiger partial charge in [0.25, 0.3) is 0 Å². The molecule has 5 nitrogen and oxygen atoms in total. The molecule has 6 heteroatoms. The molecule has 130 valence electrons. The Morgan fingerprint density at radius 1 is 0.852 bits per heavy atom. The van der Waals surface area contributed by atoms with Crippen LogP contribution in [0.5, 0.6) is 0 Å². The number of rotatable bonds is 3. The molecule has 0 aliphatic carbocycles. The van der Waals surface area contributed by atoms with Crippen LogP contribution in [0, 0.1) is 6.92 Å². The third-order valence-electron chi connectivity index (χ3n) is 4.39.